The Morgan fingerprint density at radius 1 is 1.06 bits per heavy atom. The number of morpholine rings is 1. The first-order valence-corrected chi connectivity index (χ1v) is 11.0. The number of carbonyl (C=O) groups is 1. The van der Waals surface area contributed by atoms with E-state index < -0.39 is 0 Å². The predicted molar refractivity (Wildman–Crippen MR) is 124 cm³/mol. The monoisotopic (exact) mass is 434 g/mol. The smallest absolute Gasteiger partial charge is 0.273 e. The number of aromatic nitrogens is 2. The molecule has 7 nitrogen and oxygen atoms in total. The zero-order valence-electron chi connectivity index (χ0n) is 19.3. The van der Waals surface area contributed by atoms with Crippen LogP contribution in [0.3, 0.4) is 0 Å². The van der Waals surface area contributed by atoms with Gasteiger partial charge in [0, 0.05) is 42.8 Å². The maximum absolute atomic E-state index is 12.6. The summed E-state index contributed by atoms with van der Waals surface area (Å²) in [4.78, 5) is 19.4. The second kappa shape index (κ2) is 9.12. The van der Waals surface area contributed by atoms with Gasteiger partial charge >= 0.3 is 0 Å². The number of hydrogen-bond acceptors (Lipinski definition) is 6. The van der Waals surface area contributed by atoms with E-state index in [1.165, 1.54) is 0 Å². The van der Waals surface area contributed by atoms with Gasteiger partial charge < -0.3 is 19.5 Å². The van der Waals surface area contributed by atoms with Crippen molar-refractivity contribution in [2.75, 3.05) is 18.0 Å². The van der Waals surface area contributed by atoms with E-state index in [1.807, 2.05) is 13.8 Å². The van der Waals surface area contributed by atoms with Gasteiger partial charge in [-0.2, -0.15) is 0 Å². The lowest BCUT2D eigenvalue weighted by Gasteiger charge is -2.37. The maximum Gasteiger partial charge on any atom is 0.273 e. The van der Waals surface area contributed by atoms with Crippen molar-refractivity contribution < 1.29 is 14.1 Å². The number of amides is 1. The van der Waals surface area contributed by atoms with Crippen molar-refractivity contribution in [3.63, 3.8) is 0 Å². The molecule has 1 aliphatic rings. The minimum Gasteiger partial charge on any atom is -0.372 e. The third-order valence-electron chi connectivity index (χ3n) is 5.57. The molecule has 1 aliphatic heterocycles. The number of rotatable bonds is 5. The summed E-state index contributed by atoms with van der Waals surface area (Å²) in [6.45, 7) is 12.0. The van der Waals surface area contributed by atoms with Gasteiger partial charge in [0.1, 0.15) is 5.76 Å². The minimum absolute atomic E-state index is 0.169. The van der Waals surface area contributed by atoms with Crippen molar-refractivity contribution in [1.29, 1.82) is 0 Å². The average Bonchev–Trinajstić information content (AvgIpc) is 3.17. The van der Waals surface area contributed by atoms with Crippen LogP contribution in [-0.4, -0.2) is 41.3 Å². The number of nitrogens with zero attached hydrogens (tertiary/aromatic N) is 3. The zero-order chi connectivity index (χ0) is 22.8. The summed E-state index contributed by atoms with van der Waals surface area (Å²) in [7, 11) is 0. The van der Waals surface area contributed by atoms with E-state index in [0.717, 1.165) is 46.9 Å². The summed E-state index contributed by atoms with van der Waals surface area (Å²) < 4.78 is 10.9. The maximum atomic E-state index is 12.6. The van der Waals surface area contributed by atoms with E-state index in [1.54, 1.807) is 13.0 Å². The number of pyridine rings is 1. The first-order valence-electron chi connectivity index (χ1n) is 11.0. The summed E-state index contributed by atoms with van der Waals surface area (Å²) in [5.41, 5.74) is 6.54. The highest BCUT2D eigenvalue weighted by atomic mass is 16.5. The molecule has 3 heterocycles. The average molecular weight is 435 g/mol. The van der Waals surface area contributed by atoms with Crippen molar-refractivity contribution in [3.05, 3.63) is 64.8 Å². The quantitative estimate of drug-likeness (QED) is 0.648. The largest absolute Gasteiger partial charge is 0.372 e. The number of ether oxygens (including phenoxy) is 1. The van der Waals surface area contributed by atoms with Crippen LogP contribution in [0, 0.1) is 20.8 Å². The fourth-order valence-corrected chi connectivity index (χ4v) is 4.32. The molecule has 1 fully saturated rings. The molecule has 168 valence electrons. The van der Waals surface area contributed by atoms with Crippen LogP contribution >= 0.6 is 0 Å². The molecule has 0 unspecified atom stereocenters. The van der Waals surface area contributed by atoms with Crippen molar-refractivity contribution in [1.82, 2.24) is 15.5 Å². The topological polar surface area (TPSA) is 80.5 Å². The molecule has 2 atom stereocenters. The van der Waals surface area contributed by atoms with E-state index in [0.29, 0.717) is 12.3 Å². The first kappa shape index (κ1) is 22.0. The SMILES string of the molecule is Cc1cc(-c2ccc(N3C[C@@H](C)O[C@@H](C)C3)cc2CNC(=O)c2cc(C)on2)cc(C)n1. The molecule has 1 amide bonds. The molecule has 0 aliphatic carbocycles. The van der Waals surface area contributed by atoms with Crippen molar-refractivity contribution in [2.24, 2.45) is 0 Å². The molecular weight excluding hydrogens is 404 g/mol. The minimum atomic E-state index is -0.256. The number of benzene rings is 1. The molecular formula is C25H30N4O3. The van der Waals surface area contributed by atoms with Crippen LogP contribution in [0.1, 0.15) is 47.0 Å². The number of aryl methyl sites for hydroxylation is 3. The van der Waals surface area contributed by atoms with Gasteiger partial charge in [-0.25, -0.2) is 0 Å². The van der Waals surface area contributed by atoms with E-state index in [2.05, 4.69) is 64.5 Å². The number of hydrogen-bond donors (Lipinski definition) is 1. The van der Waals surface area contributed by atoms with Crippen LogP contribution in [0.2, 0.25) is 0 Å². The van der Waals surface area contributed by atoms with E-state index >= 15 is 0 Å². The van der Waals surface area contributed by atoms with Gasteiger partial charge in [0.05, 0.1) is 12.2 Å². The van der Waals surface area contributed by atoms with Crippen LogP contribution in [0.25, 0.3) is 11.1 Å². The molecule has 2 aromatic heterocycles. The van der Waals surface area contributed by atoms with Crippen LogP contribution in [0.5, 0.6) is 0 Å². The normalized spacial score (nSPS) is 18.6. The van der Waals surface area contributed by atoms with Gasteiger partial charge in [0.15, 0.2) is 5.69 Å². The summed E-state index contributed by atoms with van der Waals surface area (Å²) in [5.74, 6) is 0.352. The van der Waals surface area contributed by atoms with Crippen LogP contribution in [0.4, 0.5) is 5.69 Å². The third kappa shape index (κ3) is 4.99. The highest BCUT2D eigenvalue weighted by Gasteiger charge is 2.23. The Bertz CT molecular complexity index is 1090. The Balaban J connectivity index is 1.66. The summed E-state index contributed by atoms with van der Waals surface area (Å²) in [6, 6.07) is 12.2. The Kier molecular flexibility index (Phi) is 6.28. The van der Waals surface area contributed by atoms with Gasteiger partial charge in [-0.05, 0) is 75.6 Å². The molecule has 7 heteroatoms. The highest BCUT2D eigenvalue weighted by molar-refractivity contribution is 5.92. The molecule has 1 saturated heterocycles. The lowest BCUT2D eigenvalue weighted by Crippen LogP contribution is -2.45. The Morgan fingerprint density at radius 2 is 1.75 bits per heavy atom. The van der Waals surface area contributed by atoms with E-state index in [-0.39, 0.29) is 23.8 Å². The van der Waals surface area contributed by atoms with Crippen LogP contribution in [-0.2, 0) is 11.3 Å². The molecule has 3 aromatic rings. The predicted octanol–water partition coefficient (Wildman–Crippen LogP) is 4.21. The number of carbonyl (C=O) groups excluding carboxylic acids is 1. The highest BCUT2D eigenvalue weighted by Crippen LogP contribution is 2.30. The molecule has 32 heavy (non-hydrogen) atoms. The van der Waals surface area contributed by atoms with Gasteiger partial charge in [0.25, 0.3) is 5.91 Å². The summed E-state index contributed by atoms with van der Waals surface area (Å²) in [5, 5.41) is 6.82. The molecule has 1 aromatic carbocycles. The Hall–Kier alpha value is -3.19. The fraction of sp³-hybridized carbons (Fsp3) is 0.400. The molecule has 4 rings (SSSR count). The van der Waals surface area contributed by atoms with Gasteiger partial charge in [-0.3, -0.25) is 9.78 Å². The fourth-order valence-electron chi connectivity index (χ4n) is 4.32. The lowest BCUT2D eigenvalue weighted by molar-refractivity contribution is -0.00522. The molecule has 0 bridgehead atoms. The van der Waals surface area contributed by atoms with Crippen LogP contribution in [0.15, 0.2) is 40.9 Å². The molecule has 0 spiro atoms. The van der Waals surface area contributed by atoms with Crippen molar-refractivity contribution in [3.8, 4) is 11.1 Å². The van der Waals surface area contributed by atoms with E-state index in [4.69, 9.17) is 9.26 Å². The number of nitrogens with one attached hydrogen (secondary N) is 1. The lowest BCUT2D eigenvalue weighted by atomic mass is 9.97. The van der Waals surface area contributed by atoms with Crippen molar-refractivity contribution in [2.45, 2.75) is 53.4 Å². The van der Waals surface area contributed by atoms with Gasteiger partial charge in [-0.15, -0.1) is 0 Å². The summed E-state index contributed by atoms with van der Waals surface area (Å²) >= 11 is 0. The molecule has 0 radical (unpaired) electrons. The molecule has 0 saturated carbocycles. The van der Waals surface area contributed by atoms with Crippen molar-refractivity contribution >= 4 is 11.6 Å². The van der Waals surface area contributed by atoms with Gasteiger partial charge in [0.2, 0.25) is 0 Å². The first-order chi connectivity index (χ1) is 15.3. The second-order valence-electron chi connectivity index (χ2n) is 8.65. The Morgan fingerprint density at radius 3 is 2.38 bits per heavy atom. The van der Waals surface area contributed by atoms with Crippen LogP contribution < -0.4 is 10.2 Å². The molecule has 1 N–H and O–H groups in total. The third-order valence-corrected chi connectivity index (χ3v) is 5.57. The van der Waals surface area contributed by atoms with E-state index in [9.17, 15) is 4.79 Å². The zero-order valence-corrected chi connectivity index (χ0v) is 19.3. The Labute approximate surface area is 188 Å². The summed E-state index contributed by atoms with van der Waals surface area (Å²) in [6.07, 6.45) is 0.338. The standard InChI is InChI=1S/C25H30N4O3/c1-15-8-20(9-16(2)27-15)23-7-6-22(29-13-18(4)31-19(5)14-29)11-21(23)12-26-25(30)24-10-17(3)32-28-24/h6-11,18-19H,12-14H2,1-5H3,(H,26,30)/t18-,19+. The van der Waals surface area contributed by atoms with Gasteiger partial charge in [-0.1, -0.05) is 11.2 Å². The number of anilines is 1. The second-order valence-corrected chi connectivity index (χ2v) is 8.65.